The monoisotopic (exact) mass is 364 g/mol. The van der Waals surface area contributed by atoms with E-state index in [4.69, 9.17) is 0 Å². The molecule has 0 aromatic heterocycles. The molecule has 25 heavy (non-hydrogen) atoms. The molecule has 0 heterocycles. The predicted octanol–water partition coefficient (Wildman–Crippen LogP) is 3.14. The van der Waals surface area contributed by atoms with Gasteiger partial charge in [-0.2, -0.15) is 0 Å². The first kappa shape index (κ1) is 19.1. The molecule has 0 aliphatic heterocycles. The Bertz CT molecular complexity index is 849. The van der Waals surface area contributed by atoms with Gasteiger partial charge in [-0.05, 0) is 67.8 Å². The summed E-state index contributed by atoms with van der Waals surface area (Å²) < 4.78 is 39.3. The van der Waals surface area contributed by atoms with Gasteiger partial charge in [0.25, 0.3) is 0 Å². The summed E-state index contributed by atoms with van der Waals surface area (Å²) in [6.45, 7) is 4.09. The fourth-order valence-corrected chi connectivity index (χ4v) is 3.27. The Labute approximate surface area is 147 Å². The molecule has 0 aliphatic rings. The first-order valence-electron chi connectivity index (χ1n) is 7.90. The summed E-state index contributed by atoms with van der Waals surface area (Å²) >= 11 is 0. The molecular weight excluding hydrogens is 343 g/mol. The first-order valence-corrected chi connectivity index (χ1v) is 9.38. The van der Waals surface area contributed by atoms with Crippen LogP contribution in [-0.4, -0.2) is 20.9 Å². The third kappa shape index (κ3) is 5.65. The number of sulfonamides is 1. The third-order valence-electron chi connectivity index (χ3n) is 3.79. The van der Waals surface area contributed by atoms with Crippen LogP contribution in [-0.2, 0) is 14.8 Å². The Balaban J connectivity index is 1.79. The summed E-state index contributed by atoms with van der Waals surface area (Å²) in [4.78, 5) is 11.9. The van der Waals surface area contributed by atoms with Gasteiger partial charge in [-0.25, -0.2) is 17.5 Å². The van der Waals surface area contributed by atoms with Crippen molar-refractivity contribution >= 4 is 21.6 Å². The summed E-state index contributed by atoms with van der Waals surface area (Å²) in [6, 6.07) is 10.2. The summed E-state index contributed by atoms with van der Waals surface area (Å²) in [7, 11) is -3.69. The number of amides is 1. The lowest BCUT2D eigenvalue weighted by Gasteiger charge is -2.09. The number of benzene rings is 2. The van der Waals surface area contributed by atoms with E-state index in [-0.39, 0.29) is 23.8 Å². The Morgan fingerprint density at radius 1 is 1.04 bits per heavy atom. The molecule has 0 bridgehead atoms. The molecule has 1 amide bonds. The van der Waals surface area contributed by atoms with Crippen LogP contribution < -0.4 is 10.0 Å². The topological polar surface area (TPSA) is 75.3 Å². The van der Waals surface area contributed by atoms with Crippen molar-refractivity contribution in [2.75, 3.05) is 11.9 Å². The zero-order chi connectivity index (χ0) is 18.4. The van der Waals surface area contributed by atoms with Gasteiger partial charge in [0.05, 0.1) is 4.90 Å². The highest BCUT2D eigenvalue weighted by atomic mass is 32.2. The molecule has 2 rings (SSSR count). The van der Waals surface area contributed by atoms with Crippen molar-refractivity contribution in [1.29, 1.82) is 0 Å². The molecule has 2 aromatic rings. The predicted molar refractivity (Wildman–Crippen MR) is 95.4 cm³/mol. The highest BCUT2D eigenvalue weighted by Crippen LogP contribution is 2.14. The van der Waals surface area contributed by atoms with E-state index in [1.165, 1.54) is 12.1 Å². The lowest BCUT2D eigenvalue weighted by Crippen LogP contribution is -2.25. The molecule has 7 heteroatoms. The SMILES string of the molecule is Cc1ccc(NC(=O)CCCNS(=O)(=O)c2ccc(F)cc2)cc1C. The van der Waals surface area contributed by atoms with Gasteiger partial charge in [0.2, 0.25) is 15.9 Å². The molecule has 0 saturated carbocycles. The van der Waals surface area contributed by atoms with Crippen LogP contribution in [0.1, 0.15) is 24.0 Å². The van der Waals surface area contributed by atoms with Crippen LogP contribution in [0.5, 0.6) is 0 Å². The average Bonchev–Trinajstić information content (AvgIpc) is 2.55. The van der Waals surface area contributed by atoms with E-state index in [0.717, 1.165) is 28.9 Å². The van der Waals surface area contributed by atoms with Gasteiger partial charge in [0, 0.05) is 18.7 Å². The largest absolute Gasteiger partial charge is 0.326 e. The van der Waals surface area contributed by atoms with E-state index in [1.54, 1.807) is 0 Å². The standard InChI is InChI=1S/C18H21FN2O3S/c1-13-5-8-16(12-14(13)2)21-18(22)4-3-11-20-25(23,24)17-9-6-15(19)7-10-17/h5-10,12,20H,3-4,11H2,1-2H3,(H,21,22). The number of rotatable bonds is 7. The van der Waals surface area contributed by atoms with Gasteiger partial charge < -0.3 is 5.32 Å². The minimum atomic E-state index is -3.69. The number of hydrogen-bond acceptors (Lipinski definition) is 3. The zero-order valence-corrected chi connectivity index (χ0v) is 15.0. The van der Waals surface area contributed by atoms with Crippen molar-refractivity contribution in [2.45, 2.75) is 31.6 Å². The van der Waals surface area contributed by atoms with E-state index in [0.29, 0.717) is 6.42 Å². The van der Waals surface area contributed by atoms with Gasteiger partial charge >= 0.3 is 0 Å². The summed E-state index contributed by atoms with van der Waals surface area (Å²) in [6.07, 6.45) is 0.552. The second-order valence-corrected chi connectivity index (χ2v) is 7.57. The summed E-state index contributed by atoms with van der Waals surface area (Å²) in [5, 5.41) is 2.79. The molecule has 0 fully saturated rings. The molecule has 0 spiro atoms. The number of anilines is 1. The fourth-order valence-electron chi connectivity index (χ4n) is 2.20. The third-order valence-corrected chi connectivity index (χ3v) is 5.26. The molecule has 2 N–H and O–H groups in total. The Morgan fingerprint density at radius 3 is 2.36 bits per heavy atom. The number of carbonyl (C=O) groups is 1. The zero-order valence-electron chi connectivity index (χ0n) is 14.2. The molecule has 5 nitrogen and oxygen atoms in total. The van der Waals surface area contributed by atoms with Crippen LogP contribution in [0.3, 0.4) is 0 Å². The van der Waals surface area contributed by atoms with Crippen molar-refractivity contribution in [3.63, 3.8) is 0 Å². The van der Waals surface area contributed by atoms with Crippen molar-refractivity contribution < 1.29 is 17.6 Å². The normalized spacial score (nSPS) is 11.3. The summed E-state index contributed by atoms with van der Waals surface area (Å²) in [5.74, 6) is -0.675. The number of nitrogens with one attached hydrogen (secondary N) is 2. The van der Waals surface area contributed by atoms with E-state index < -0.39 is 15.8 Å². The van der Waals surface area contributed by atoms with E-state index in [2.05, 4.69) is 10.0 Å². The van der Waals surface area contributed by atoms with E-state index in [9.17, 15) is 17.6 Å². The second-order valence-electron chi connectivity index (χ2n) is 5.80. The lowest BCUT2D eigenvalue weighted by molar-refractivity contribution is -0.116. The Morgan fingerprint density at radius 2 is 1.72 bits per heavy atom. The molecule has 0 aliphatic carbocycles. The van der Waals surface area contributed by atoms with Gasteiger partial charge in [-0.1, -0.05) is 6.07 Å². The molecule has 0 saturated heterocycles. The first-order chi connectivity index (χ1) is 11.8. The van der Waals surface area contributed by atoms with E-state index >= 15 is 0 Å². The Hall–Kier alpha value is -2.25. The Kier molecular flexibility index (Phi) is 6.27. The average molecular weight is 364 g/mol. The van der Waals surface area contributed by atoms with Crippen molar-refractivity contribution in [3.05, 3.63) is 59.4 Å². The van der Waals surface area contributed by atoms with Crippen LogP contribution in [0.2, 0.25) is 0 Å². The van der Waals surface area contributed by atoms with Crippen LogP contribution in [0.25, 0.3) is 0 Å². The van der Waals surface area contributed by atoms with Crippen LogP contribution >= 0.6 is 0 Å². The van der Waals surface area contributed by atoms with Gasteiger partial charge in [0.1, 0.15) is 5.82 Å². The van der Waals surface area contributed by atoms with E-state index in [1.807, 2.05) is 32.0 Å². The smallest absolute Gasteiger partial charge is 0.240 e. The molecule has 134 valence electrons. The van der Waals surface area contributed by atoms with Gasteiger partial charge in [0.15, 0.2) is 0 Å². The lowest BCUT2D eigenvalue weighted by atomic mass is 10.1. The molecule has 2 aromatic carbocycles. The quantitative estimate of drug-likeness (QED) is 0.741. The van der Waals surface area contributed by atoms with Crippen molar-refractivity contribution in [3.8, 4) is 0 Å². The number of aryl methyl sites for hydroxylation is 2. The molecule has 0 unspecified atom stereocenters. The van der Waals surface area contributed by atoms with Crippen molar-refractivity contribution in [2.24, 2.45) is 0 Å². The highest BCUT2D eigenvalue weighted by Gasteiger charge is 2.13. The van der Waals surface area contributed by atoms with Crippen LogP contribution in [0.15, 0.2) is 47.4 Å². The number of halogens is 1. The number of carbonyl (C=O) groups excluding carboxylic acids is 1. The van der Waals surface area contributed by atoms with Crippen molar-refractivity contribution in [1.82, 2.24) is 4.72 Å². The minimum Gasteiger partial charge on any atom is -0.326 e. The van der Waals surface area contributed by atoms with Gasteiger partial charge in [-0.3, -0.25) is 4.79 Å². The maximum Gasteiger partial charge on any atom is 0.240 e. The second kappa shape index (κ2) is 8.22. The van der Waals surface area contributed by atoms with Crippen LogP contribution in [0, 0.1) is 19.7 Å². The maximum absolute atomic E-state index is 12.8. The van der Waals surface area contributed by atoms with Gasteiger partial charge in [-0.15, -0.1) is 0 Å². The summed E-state index contributed by atoms with van der Waals surface area (Å²) in [5.41, 5.74) is 2.96. The maximum atomic E-state index is 12.8. The number of hydrogen-bond donors (Lipinski definition) is 2. The fraction of sp³-hybridized carbons (Fsp3) is 0.278. The minimum absolute atomic E-state index is 0.00604. The van der Waals surface area contributed by atoms with Crippen LogP contribution in [0.4, 0.5) is 10.1 Å². The highest BCUT2D eigenvalue weighted by molar-refractivity contribution is 7.89. The molecular formula is C18H21FN2O3S. The molecule has 0 atom stereocenters. The molecule has 0 radical (unpaired) electrons.